The molecule has 3 amide bonds. The van der Waals surface area contributed by atoms with E-state index in [1.165, 1.54) is 13.2 Å². The molecule has 0 saturated heterocycles. The number of hydrogen-bond acceptors (Lipinski definition) is 4. The van der Waals surface area contributed by atoms with Crippen molar-refractivity contribution < 1.29 is 23.5 Å². The van der Waals surface area contributed by atoms with Crippen LogP contribution in [0.2, 0.25) is 0 Å². The Bertz CT molecular complexity index is 1110. The Labute approximate surface area is 213 Å². The number of benzene rings is 2. The van der Waals surface area contributed by atoms with Crippen molar-refractivity contribution in [1.29, 1.82) is 0 Å². The standard InChI is InChI=1S/C26H31BrFN3O4/c1-15-12-18(27)13-16(2)22(15)30-25(34)29-21-14-19(28)10-11-20(21)23(32)31-26(3,24(33)35-4)17-8-6-5-7-9-17/h10-14,17H,5-9H2,1-4H3,(H,31,32)(H2,29,30,34)/t26-/m1/s1. The fourth-order valence-electron chi connectivity index (χ4n) is 4.71. The molecule has 2 aromatic carbocycles. The molecule has 0 aliphatic heterocycles. The average molecular weight is 548 g/mol. The van der Waals surface area contributed by atoms with E-state index >= 15 is 0 Å². The number of anilines is 2. The topological polar surface area (TPSA) is 96.5 Å². The van der Waals surface area contributed by atoms with Crippen LogP contribution in [0.15, 0.2) is 34.8 Å². The van der Waals surface area contributed by atoms with Gasteiger partial charge in [-0.3, -0.25) is 4.79 Å². The third-order valence-corrected chi connectivity index (χ3v) is 7.07. The SMILES string of the molecule is COC(=O)[C@](C)(NC(=O)c1ccc(F)cc1NC(=O)Nc1c(C)cc(Br)cc1C)C1CCCCC1. The van der Waals surface area contributed by atoms with Crippen molar-refractivity contribution in [2.75, 3.05) is 17.7 Å². The predicted molar refractivity (Wildman–Crippen MR) is 137 cm³/mol. The van der Waals surface area contributed by atoms with Gasteiger partial charge in [-0.15, -0.1) is 0 Å². The van der Waals surface area contributed by atoms with Gasteiger partial charge in [0.1, 0.15) is 11.4 Å². The quantitative estimate of drug-likeness (QED) is 0.381. The summed E-state index contributed by atoms with van der Waals surface area (Å²) >= 11 is 3.42. The van der Waals surface area contributed by atoms with Crippen molar-refractivity contribution in [3.63, 3.8) is 0 Å². The minimum atomic E-state index is -1.24. The summed E-state index contributed by atoms with van der Waals surface area (Å²) in [7, 11) is 1.29. The highest BCUT2D eigenvalue weighted by molar-refractivity contribution is 9.10. The average Bonchev–Trinajstić information content (AvgIpc) is 2.81. The van der Waals surface area contributed by atoms with E-state index in [9.17, 15) is 18.8 Å². The van der Waals surface area contributed by atoms with E-state index in [-0.39, 0.29) is 17.2 Å². The van der Waals surface area contributed by atoms with Crippen LogP contribution in [0.3, 0.4) is 0 Å². The lowest BCUT2D eigenvalue weighted by Gasteiger charge is -2.38. The number of nitrogens with one attached hydrogen (secondary N) is 3. The number of halogens is 2. The smallest absolute Gasteiger partial charge is 0.331 e. The van der Waals surface area contributed by atoms with E-state index in [0.29, 0.717) is 5.69 Å². The molecule has 0 bridgehead atoms. The molecule has 0 heterocycles. The number of hydrogen-bond donors (Lipinski definition) is 3. The van der Waals surface area contributed by atoms with Gasteiger partial charge in [-0.1, -0.05) is 35.2 Å². The Morgan fingerprint density at radius 1 is 1.03 bits per heavy atom. The molecule has 35 heavy (non-hydrogen) atoms. The summed E-state index contributed by atoms with van der Waals surface area (Å²) < 4.78 is 20.0. The molecule has 0 unspecified atom stereocenters. The second-order valence-corrected chi connectivity index (χ2v) is 10.1. The molecular formula is C26H31BrFN3O4. The summed E-state index contributed by atoms with van der Waals surface area (Å²) in [6, 6.07) is 6.60. The molecule has 0 aromatic heterocycles. The number of ether oxygens (including phenoxy) is 1. The number of amides is 3. The largest absolute Gasteiger partial charge is 0.467 e. The van der Waals surface area contributed by atoms with Crippen LogP contribution >= 0.6 is 15.9 Å². The number of urea groups is 1. The van der Waals surface area contributed by atoms with Gasteiger partial charge in [-0.2, -0.15) is 0 Å². The molecule has 2 aromatic rings. The van der Waals surface area contributed by atoms with Gasteiger partial charge in [0.05, 0.1) is 18.4 Å². The van der Waals surface area contributed by atoms with Gasteiger partial charge in [0.2, 0.25) is 0 Å². The summed E-state index contributed by atoms with van der Waals surface area (Å²) in [5.41, 5.74) is 1.08. The Kier molecular flexibility index (Phi) is 8.53. The number of esters is 1. The fourth-order valence-corrected chi connectivity index (χ4v) is 5.39. The molecular weight excluding hydrogens is 517 g/mol. The summed E-state index contributed by atoms with van der Waals surface area (Å²) in [6.07, 6.45) is 4.58. The first kappa shape index (κ1) is 26.7. The lowest BCUT2D eigenvalue weighted by Crippen LogP contribution is -2.58. The summed E-state index contributed by atoms with van der Waals surface area (Å²) in [5.74, 6) is -1.84. The van der Waals surface area contributed by atoms with E-state index in [4.69, 9.17) is 4.74 Å². The maximum absolute atomic E-state index is 14.1. The van der Waals surface area contributed by atoms with Crippen LogP contribution in [-0.2, 0) is 9.53 Å². The second-order valence-electron chi connectivity index (χ2n) is 9.17. The molecule has 1 saturated carbocycles. The van der Waals surface area contributed by atoms with Gasteiger partial charge in [0.15, 0.2) is 0 Å². The van der Waals surface area contributed by atoms with Crippen LogP contribution in [0.4, 0.5) is 20.6 Å². The molecule has 9 heteroatoms. The van der Waals surface area contributed by atoms with Crippen molar-refractivity contribution in [2.45, 2.75) is 58.4 Å². The van der Waals surface area contributed by atoms with Crippen molar-refractivity contribution in [3.05, 3.63) is 57.3 Å². The molecule has 7 nitrogen and oxygen atoms in total. The number of carbonyl (C=O) groups is 3. The fraction of sp³-hybridized carbons (Fsp3) is 0.423. The normalized spacial score (nSPS) is 15.6. The number of rotatable bonds is 6. The maximum atomic E-state index is 14.1. The van der Waals surface area contributed by atoms with Crippen molar-refractivity contribution in [1.82, 2.24) is 5.32 Å². The number of aryl methyl sites for hydroxylation is 2. The third kappa shape index (κ3) is 6.20. The molecule has 3 N–H and O–H groups in total. The summed E-state index contributed by atoms with van der Waals surface area (Å²) in [6.45, 7) is 5.37. The highest BCUT2D eigenvalue weighted by Gasteiger charge is 2.44. The predicted octanol–water partition coefficient (Wildman–Crippen LogP) is 6.09. The van der Waals surface area contributed by atoms with Crippen LogP contribution in [0.1, 0.15) is 60.5 Å². The number of methoxy groups -OCH3 is 1. The molecule has 188 valence electrons. The van der Waals surface area contributed by atoms with E-state index in [1.807, 2.05) is 26.0 Å². The zero-order chi connectivity index (χ0) is 25.8. The molecule has 1 atom stereocenters. The van der Waals surface area contributed by atoms with Gasteiger partial charge in [0, 0.05) is 10.2 Å². The van der Waals surface area contributed by atoms with E-state index in [0.717, 1.165) is 59.8 Å². The van der Waals surface area contributed by atoms with Gasteiger partial charge in [0.25, 0.3) is 5.91 Å². The molecule has 0 spiro atoms. The van der Waals surface area contributed by atoms with Crippen LogP contribution in [0.5, 0.6) is 0 Å². The maximum Gasteiger partial charge on any atom is 0.331 e. The lowest BCUT2D eigenvalue weighted by atomic mass is 9.75. The van der Waals surface area contributed by atoms with Crippen LogP contribution in [0, 0.1) is 25.6 Å². The van der Waals surface area contributed by atoms with Crippen molar-refractivity contribution in [2.24, 2.45) is 5.92 Å². The van der Waals surface area contributed by atoms with Crippen molar-refractivity contribution in [3.8, 4) is 0 Å². The van der Waals surface area contributed by atoms with Crippen LogP contribution in [-0.4, -0.2) is 30.6 Å². The van der Waals surface area contributed by atoms with Crippen LogP contribution < -0.4 is 16.0 Å². The Morgan fingerprint density at radius 3 is 2.26 bits per heavy atom. The minimum Gasteiger partial charge on any atom is -0.467 e. The zero-order valence-corrected chi connectivity index (χ0v) is 22.0. The first-order valence-corrected chi connectivity index (χ1v) is 12.4. The Morgan fingerprint density at radius 2 is 1.66 bits per heavy atom. The zero-order valence-electron chi connectivity index (χ0n) is 20.4. The molecule has 1 fully saturated rings. The number of carbonyl (C=O) groups excluding carboxylic acids is 3. The molecule has 3 rings (SSSR count). The highest BCUT2D eigenvalue weighted by atomic mass is 79.9. The van der Waals surface area contributed by atoms with Gasteiger partial charge in [-0.05, 0) is 81.0 Å². The van der Waals surface area contributed by atoms with E-state index in [2.05, 4.69) is 31.9 Å². The van der Waals surface area contributed by atoms with Crippen LogP contribution in [0.25, 0.3) is 0 Å². The third-order valence-electron chi connectivity index (χ3n) is 6.61. The Hall–Kier alpha value is -2.94. The summed E-state index contributed by atoms with van der Waals surface area (Å²) in [4.78, 5) is 38.8. The van der Waals surface area contributed by atoms with E-state index in [1.54, 1.807) is 6.92 Å². The van der Waals surface area contributed by atoms with Gasteiger partial charge in [-0.25, -0.2) is 14.0 Å². The highest BCUT2D eigenvalue weighted by Crippen LogP contribution is 2.34. The molecule has 1 aliphatic rings. The first-order chi connectivity index (χ1) is 16.5. The van der Waals surface area contributed by atoms with Crippen molar-refractivity contribution >= 4 is 45.2 Å². The lowest BCUT2D eigenvalue weighted by molar-refractivity contribution is -0.150. The minimum absolute atomic E-state index is 0.0109. The molecule has 1 aliphatic carbocycles. The second kappa shape index (κ2) is 11.2. The monoisotopic (exact) mass is 547 g/mol. The summed E-state index contributed by atoms with van der Waals surface area (Å²) in [5, 5.41) is 8.17. The van der Waals surface area contributed by atoms with Gasteiger partial charge >= 0.3 is 12.0 Å². The van der Waals surface area contributed by atoms with Gasteiger partial charge < -0.3 is 20.7 Å². The molecule has 0 radical (unpaired) electrons. The Balaban J connectivity index is 1.85. The van der Waals surface area contributed by atoms with E-state index < -0.39 is 29.3 Å². The first-order valence-electron chi connectivity index (χ1n) is 11.6.